The second kappa shape index (κ2) is 41.3. The van der Waals surface area contributed by atoms with Crippen LogP contribution >= 0.6 is 0 Å². The summed E-state index contributed by atoms with van der Waals surface area (Å²) in [6.07, 6.45) is 36.9. The molecule has 0 radical (unpaired) electrons. The molecular formula is C51H90O7. The zero-order valence-electron chi connectivity index (χ0n) is 38.1. The van der Waals surface area contributed by atoms with E-state index in [2.05, 4.69) is 20.8 Å². The van der Waals surface area contributed by atoms with E-state index in [1.165, 1.54) is 128 Å². The molecule has 0 saturated heterocycles. The maximum atomic E-state index is 12.8. The van der Waals surface area contributed by atoms with Crippen LogP contribution in [0.4, 0.5) is 0 Å². The lowest BCUT2D eigenvalue weighted by atomic mass is 10.0. The molecule has 1 aromatic rings. The summed E-state index contributed by atoms with van der Waals surface area (Å²) < 4.78 is 23.2. The van der Waals surface area contributed by atoms with Crippen LogP contribution in [0.25, 0.3) is 0 Å². The highest BCUT2D eigenvalue weighted by Crippen LogP contribution is 2.19. The van der Waals surface area contributed by atoms with Crippen molar-refractivity contribution in [3.8, 4) is 0 Å². The van der Waals surface area contributed by atoms with Crippen LogP contribution in [0.2, 0.25) is 0 Å². The number of benzene rings is 1. The number of ether oxygens (including phenoxy) is 4. The van der Waals surface area contributed by atoms with Gasteiger partial charge in [0.25, 0.3) is 0 Å². The van der Waals surface area contributed by atoms with Crippen molar-refractivity contribution >= 4 is 17.9 Å². The van der Waals surface area contributed by atoms with E-state index in [-0.39, 0.29) is 43.6 Å². The highest BCUT2D eigenvalue weighted by atomic mass is 16.6. The van der Waals surface area contributed by atoms with Crippen LogP contribution in [0.1, 0.15) is 245 Å². The molecule has 7 nitrogen and oxygen atoms in total. The van der Waals surface area contributed by atoms with Gasteiger partial charge in [-0.2, -0.15) is 0 Å². The Bertz CT molecular complexity index is 1040. The minimum absolute atomic E-state index is 0.00136. The largest absolute Gasteiger partial charge is 0.462 e. The van der Waals surface area contributed by atoms with Crippen molar-refractivity contribution < 1.29 is 33.3 Å². The zero-order chi connectivity index (χ0) is 42.0. The molecule has 0 heterocycles. The molecule has 0 amide bonds. The van der Waals surface area contributed by atoms with Crippen LogP contribution in [-0.4, -0.2) is 43.3 Å². The van der Waals surface area contributed by atoms with Crippen LogP contribution < -0.4 is 0 Å². The molecular weight excluding hydrogens is 725 g/mol. The quantitative estimate of drug-likeness (QED) is 0.0368. The highest BCUT2D eigenvalue weighted by Gasteiger charge is 2.18. The van der Waals surface area contributed by atoms with E-state index in [4.69, 9.17) is 18.9 Å². The van der Waals surface area contributed by atoms with Gasteiger partial charge in [-0.05, 0) is 50.5 Å². The molecule has 0 saturated carbocycles. The Hall–Kier alpha value is -2.41. The average Bonchev–Trinajstić information content (AvgIpc) is 3.22. The van der Waals surface area contributed by atoms with Crippen LogP contribution in [0, 0.1) is 0 Å². The molecule has 1 aromatic carbocycles. The molecule has 0 aliphatic rings. The zero-order valence-corrected chi connectivity index (χ0v) is 38.1. The van der Waals surface area contributed by atoms with Crippen molar-refractivity contribution in [3.05, 3.63) is 35.9 Å². The van der Waals surface area contributed by atoms with E-state index < -0.39 is 6.10 Å². The summed E-state index contributed by atoms with van der Waals surface area (Å²) in [6, 6.07) is 9.86. The second-order valence-corrected chi connectivity index (χ2v) is 16.9. The minimum Gasteiger partial charge on any atom is -0.462 e. The third-order valence-electron chi connectivity index (χ3n) is 11.2. The predicted octanol–water partition coefficient (Wildman–Crippen LogP) is 14.9. The first-order chi connectivity index (χ1) is 28.5. The molecule has 336 valence electrons. The molecule has 0 unspecified atom stereocenters. The number of hydrogen-bond donors (Lipinski definition) is 0. The van der Waals surface area contributed by atoms with E-state index in [0.29, 0.717) is 25.9 Å². The highest BCUT2D eigenvalue weighted by molar-refractivity contribution is 5.70. The number of esters is 3. The molecule has 0 spiro atoms. The summed E-state index contributed by atoms with van der Waals surface area (Å²) >= 11 is 0. The molecule has 0 N–H and O–H groups in total. The Labute approximate surface area is 357 Å². The Morgan fingerprint density at radius 3 is 1.21 bits per heavy atom. The van der Waals surface area contributed by atoms with Gasteiger partial charge in [0.05, 0.1) is 13.2 Å². The first-order valence-corrected chi connectivity index (χ1v) is 24.6. The van der Waals surface area contributed by atoms with Gasteiger partial charge in [0.15, 0.2) is 6.10 Å². The number of carbonyl (C=O) groups excluding carboxylic acids is 3. The normalized spacial score (nSPS) is 11.9. The summed E-state index contributed by atoms with van der Waals surface area (Å²) in [4.78, 5) is 38.2. The van der Waals surface area contributed by atoms with Crippen molar-refractivity contribution in [1.82, 2.24) is 0 Å². The van der Waals surface area contributed by atoms with Crippen molar-refractivity contribution in [1.29, 1.82) is 0 Å². The van der Waals surface area contributed by atoms with Gasteiger partial charge in [0, 0.05) is 19.3 Å². The smallest absolute Gasteiger partial charge is 0.306 e. The van der Waals surface area contributed by atoms with Crippen LogP contribution in [0.5, 0.6) is 0 Å². The van der Waals surface area contributed by atoms with E-state index in [1.54, 1.807) is 0 Å². The fourth-order valence-corrected chi connectivity index (χ4v) is 7.49. The standard InChI is InChI=1S/C51H90O7/c1-4-7-10-13-16-17-18-19-20-21-22-25-33-40-49(52)56-45-48(44-55-43-46-36-29-28-30-37-46)58-51(54)42-35-27-26-34-41-50(53)57-47(38-31-23-14-11-8-5-2)39-32-24-15-12-9-6-3/h28-30,36-37,47-48H,4-27,31-35,38-45H2,1-3H3/t48-/m0/s1. The van der Waals surface area contributed by atoms with Gasteiger partial charge in [0.2, 0.25) is 0 Å². The number of carbonyl (C=O) groups is 3. The maximum Gasteiger partial charge on any atom is 0.306 e. The van der Waals surface area contributed by atoms with Crippen molar-refractivity contribution in [2.45, 2.75) is 258 Å². The van der Waals surface area contributed by atoms with Crippen molar-refractivity contribution in [2.24, 2.45) is 0 Å². The summed E-state index contributed by atoms with van der Waals surface area (Å²) in [5.41, 5.74) is 1.03. The van der Waals surface area contributed by atoms with Crippen LogP contribution in [0.3, 0.4) is 0 Å². The Morgan fingerprint density at radius 2 is 0.776 bits per heavy atom. The lowest BCUT2D eigenvalue weighted by Crippen LogP contribution is -2.29. The fourth-order valence-electron chi connectivity index (χ4n) is 7.49. The first-order valence-electron chi connectivity index (χ1n) is 24.6. The summed E-state index contributed by atoms with van der Waals surface area (Å²) in [5, 5.41) is 0. The second-order valence-electron chi connectivity index (χ2n) is 16.9. The first kappa shape index (κ1) is 53.6. The van der Waals surface area contributed by atoms with Gasteiger partial charge in [-0.15, -0.1) is 0 Å². The Kier molecular flexibility index (Phi) is 38.2. The molecule has 0 bridgehead atoms. The summed E-state index contributed by atoms with van der Waals surface area (Å²) in [5.74, 6) is -0.641. The van der Waals surface area contributed by atoms with E-state index in [0.717, 1.165) is 69.8 Å². The lowest BCUT2D eigenvalue weighted by molar-refractivity contribution is -0.163. The molecule has 1 rings (SSSR count). The van der Waals surface area contributed by atoms with Gasteiger partial charge >= 0.3 is 17.9 Å². The van der Waals surface area contributed by atoms with E-state index in [1.807, 2.05) is 30.3 Å². The number of hydrogen-bond acceptors (Lipinski definition) is 7. The predicted molar refractivity (Wildman–Crippen MR) is 241 cm³/mol. The monoisotopic (exact) mass is 815 g/mol. The minimum atomic E-state index is -0.651. The van der Waals surface area contributed by atoms with Crippen LogP contribution in [0.15, 0.2) is 30.3 Å². The molecule has 0 aliphatic heterocycles. The van der Waals surface area contributed by atoms with E-state index in [9.17, 15) is 14.4 Å². The average molecular weight is 815 g/mol. The summed E-state index contributed by atoms with van der Waals surface area (Å²) in [6.45, 7) is 7.30. The number of rotatable bonds is 43. The Balaban J connectivity index is 2.34. The fraction of sp³-hybridized carbons (Fsp3) is 0.824. The van der Waals surface area contributed by atoms with Crippen molar-refractivity contribution in [3.63, 3.8) is 0 Å². The van der Waals surface area contributed by atoms with Gasteiger partial charge in [-0.1, -0.05) is 205 Å². The molecule has 7 heteroatoms. The molecule has 0 fully saturated rings. The summed E-state index contributed by atoms with van der Waals surface area (Å²) in [7, 11) is 0. The van der Waals surface area contributed by atoms with Gasteiger partial charge in [-0.3, -0.25) is 14.4 Å². The molecule has 1 atom stereocenters. The topological polar surface area (TPSA) is 88.1 Å². The van der Waals surface area contributed by atoms with Crippen molar-refractivity contribution in [2.75, 3.05) is 13.2 Å². The number of unbranched alkanes of at least 4 members (excludes halogenated alkanes) is 25. The molecule has 58 heavy (non-hydrogen) atoms. The maximum absolute atomic E-state index is 12.8. The third kappa shape index (κ3) is 35.5. The third-order valence-corrected chi connectivity index (χ3v) is 11.2. The van der Waals surface area contributed by atoms with Gasteiger partial charge in [-0.25, -0.2) is 0 Å². The lowest BCUT2D eigenvalue weighted by Gasteiger charge is -2.18. The van der Waals surface area contributed by atoms with Gasteiger partial charge < -0.3 is 18.9 Å². The molecule has 0 aromatic heterocycles. The van der Waals surface area contributed by atoms with E-state index >= 15 is 0 Å². The SMILES string of the molecule is CCCCCCCCCCCCCCCC(=O)OC[C@H](COCc1ccccc1)OC(=O)CCCCCCC(=O)OC(CCCCCCCC)CCCCCCCC. The van der Waals surface area contributed by atoms with Crippen LogP contribution in [-0.2, 0) is 39.9 Å². The Morgan fingerprint density at radius 1 is 0.414 bits per heavy atom. The van der Waals surface area contributed by atoms with Gasteiger partial charge in [0.1, 0.15) is 12.7 Å². The molecule has 0 aliphatic carbocycles.